The molecule has 2 aliphatic rings. The number of hydrogen-bond acceptors (Lipinski definition) is 3. The van der Waals surface area contributed by atoms with E-state index >= 15 is 0 Å². The fourth-order valence-corrected chi connectivity index (χ4v) is 4.09. The number of rotatable bonds is 5. The van der Waals surface area contributed by atoms with Crippen molar-refractivity contribution in [2.45, 2.75) is 52.4 Å². The van der Waals surface area contributed by atoms with Gasteiger partial charge in [0.1, 0.15) is 0 Å². The van der Waals surface area contributed by atoms with Crippen molar-refractivity contribution >= 4 is 23.1 Å². The molecule has 2 heterocycles. The first-order valence-corrected chi connectivity index (χ1v) is 10.4. The van der Waals surface area contributed by atoms with E-state index in [4.69, 9.17) is 0 Å². The fourth-order valence-electron chi connectivity index (χ4n) is 4.09. The van der Waals surface area contributed by atoms with E-state index in [0.29, 0.717) is 0 Å². The molecule has 0 atom stereocenters. The van der Waals surface area contributed by atoms with E-state index in [1.807, 2.05) is 18.7 Å². The van der Waals surface area contributed by atoms with Gasteiger partial charge in [0.05, 0.1) is 11.4 Å². The van der Waals surface area contributed by atoms with E-state index in [0.717, 1.165) is 45.0 Å². The molecule has 3 rings (SSSR count). The van der Waals surface area contributed by atoms with Crippen LogP contribution in [0.1, 0.15) is 52.4 Å². The molecule has 5 nitrogen and oxygen atoms in total. The van der Waals surface area contributed by atoms with Gasteiger partial charge in [0, 0.05) is 45.0 Å². The zero-order valence-corrected chi connectivity index (χ0v) is 16.5. The average molecular weight is 359 g/mol. The largest absolute Gasteiger partial charge is 0.371 e. The highest BCUT2D eigenvalue weighted by Crippen LogP contribution is 2.33. The van der Waals surface area contributed by atoms with Crippen LogP contribution in [0.3, 0.4) is 0 Å². The highest BCUT2D eigenvalue weighted by Gasteiger charge is 2.20. The minimum Gasteiger partial charge on any atom is -0.371 e. The second kappa shape index (κ2) is 9.15. The lowest BCUT2D eigenvalue weighted by molar-refractivity contribution is 0.217. The topological polar surface area (TPSA) is 38.8 Å². The lowest BCUT2D eigenvalue weighted by atomic mass is 10.1. The molecule has 0 spiro atoms. The molecule has 2 aliphatic heterocycles. The summed E-state index contributed by atoms with van der Waals surface area (Å²) in [5.74, 6) is 0. The Bertz CT molecular complexity index is 588. The van der Waals surface area contributed by atoms with Gasteiger partial charge in [0.25, 0.3) is 0 Å². The van der Waals surface area contributed by atoms with E-state index in [1.165, 1.54) is 49.9 Å². The number of urea groups is 1. The third kappa shape index (κ3) is 4.43. The molecule has 0 aliphatic carbocycles. The molecule has 0 aromatic heterocycles. The second-order valence-electron chi connectivity index (χ2n) is 7.40. The molecule has 5 heteroatoms. The Hall–Kier alpha value is -1.91. The summed E-state index contributed by atoms with van der Waals surface area (Å²) in [4.78, 5) is 19.4. The van der Waals surface area contributed by atoms with E-state index in [9.17, 15) is 4.79 Å². The summed E-state index contributed by atoms with van der Waals surface area (Å²) in [6.07, 6.45) is 7.62. The van der Waals surface area contributed by atoms with Crippen molar-refractivity contribution in [2.24, 2.45) is 0 Å². The summed E-state index contributed by atoms with van der Waals surface area (Å²) in [5.41, 5.74) is 3.37. The van der Waals surface area contributed by atoms with Gasteiger partial charge in [-0.25, -0.2) is 4.79 Å². The van der Waals surface area contributed by atoms with Crippen LogP contribution >= 0.6 is 0 Å². The molecule has 144 valence electrons. The predicted molar refractivity (Wildman–Crippen MR) is 111 cm³/mol. The molecule has 2 amide bonds. The van der Waals surface area contributed by atoms with Gasteiger partial charge >= 0.3 is 6.03 Å². The quantitative estimate of drug-likeness (QED) is 0.840. The van der Waals surface area contributed by atoms with Crippen molar-refractivity contribution in [3.05, 3.63) is 18.2 Å². The van der Waals surface area contributed by atoms with Crippen LogP contribution in [0.5, 0.6) is 0 Å². The van der Waals surface area contributed by atoms with Crippen molar-refractivity contribution < 1.29 is 4.79 Å². The van der Waals surface area contributed by atoms with Crippen molar-refractivity contribution in [3.63, 3.8) is 0 Å². The van der Waals surface area contributed by atoms with Crippen LogP contribution in [0.25, 0.3) is 0 Å². The molecule has 2 fully saturated rings. The number of piperidine rings is 2. The summed E-state index contributed by atoms with van der Waals surface area (Å²) >= 11 is 0. The summed E-state index contributed by atoms with van der Waals surface area (Å²) in [6.45, 7) is 9.91. The number of hydrogen-bond donors (Lipinski definition) is 1. The molecule has 0 bridgehead atoms. The first kappa shape index (κ1) is 18.9. The van der Waals surface area contributed by atoms with Gasteiger partial charge in [-0.1, -0.05) is 0 Å². The van der Waals surface area contributed by atoms with Crippen LogP contribution in [0, 0.1) is 0 Å². The number of nitrogens with zero attached hydrogens (tertiary/aromatic N) is 3. The molecule has 2 saturated heterocycles. The van der Waals surface area contributed by atoms with Crippen LogP contribution < -0.4 is 15.1 Å². The predicted octanol–water partition coefficient (Wildman–Crippen LogP) is 4.54. The Kier molecular flexibility index (Phi) is 6.64. The van der Waals surface area contributed by atoms with Crippen LogP contribution in [0.15, 0.2) is 18.2 Å². The first-order valence-electron chi connectivity index (χ1n) is 10.4. The van der Waals surface area contributed by atoms with Crippen LogP contribution in [0.4, 0.5) is 21.9 Å². The van der Waals surface area contributed by atoms with Crippen molar-refractivity contribution in [1.82, 2.24) is 4.90 Å². The Labute approximate surface area is 158 Å². The highest BCUT2D eigenvalue weighted by molar-refractivity contribution is 5.94. The molecule has 0 unspecified atom stereocenters. The number of carbonyl (C=O) groups excluding carboxylic acids is 1. The van der Waals surface area contributed by atoms with Gasteiger partial charge in [-0.3, -0.25) is 0 Å². The summed E-state index contributed by atoms with van der Waals surface area (Å²) < 4.78 is 0. The van der Waals surface area contributed by atoms with Crippen molar-refractivity contribution in [1.29, 1.82) is 0 Å². The van der Waals surface area contributed by atoms with E-state index in [2.05, 4.69) is 33.3 Å². The van der Waals surface area contributed by atoms with Gasteiger partial charge in [-0.2, -0.15) is 0 Å². The lowest BCUT2D eigenvalue weighted by Crippen LogP contribution is -2.36. The summed E-state index contributed by atoms with van der Waals surface area (Å²) in [7, 11) is 0. The molecule has 0 saturated carbocycles. The third-order valence-corrected chi connectivity index (χ3v) is 5.69. The maximum absolute atomic E-state index is 12.7. The number of benzene rings is 1. The smallest absolute Gasteiger partial charge is 0.321 e. The van der Waals surface area contributed by atoms with Crippen molar-refractivity contribution in [2.75, 3.05) is 54.4 Å². The Morgan fingerprint density at radius 2 is 1.50 bits per heavy atom. The average Bonchev–Trinajstić information content (AvgIpc) is 2.70. The van der Waals surface area contributed by atoms with Crippen LogP contribution in [-0.2, 0) is 0 Å². The molecular formula is C21H34N4O. The molecule has 1 aromatic rings. The second-order valence-corrected chi connectivity index (χ2v) is 7.40. The number of carbonyl (C=O) groups is 1. The molecule has 1 aromatic carbocycles. The van der Waals surface area contributed by atoms with E-state index in [1.54, 1.807) is 0 Å². The van der Waals surface area contributed by atoms with Gasteiger partial charge in [-0.15, -0.1) is 0 Å². The van der Waals surface area contributed by atoms with Gasteiger partial charge in [0.15, 0.2) is 0 Å². The van der Waals surface area contributed by atoms with Gasteiger partial charge < -0.3 is 20.0 Å². The number of amides is 2. The minimum absolute atomic E-state index is 0.00375. The first-order chi connectivity index (χ1) is 12.7. The minimum atomic E-state index is 0.00375. The standard InChI is InChI=1S/C21H34N4O/c1-3-23(4-2)21(26)22-19-17-18(24-13-7-5-8-14-24)11-12-20(19)25-15-9-6-10-16-25/h11-12,17H,3-10,13-16H2,1-2H3,(H,22,26). The zero-order chi connectivity index (χ0) is 18.4. The molecule has 26 heavy (non-hydrogen) atoms. The molecule has 1 N–H and O–H groups in total. The summed E-state index contributed by atoms with van der Waals surface area (Å²) in [5, 5.41) is 3.21. The van der Waals surface area contributed by atoms with Gasteiger partial charge in [-0.05, 0) is 70.6 Å². The molecule has 0 radical (unpaired) electrons. The SMILES string of the molecule is CCN(CC)C(=O)Nc1cc(N2CCCCC2)ccc1N1CCCCC1. The Morgan fingerprint density at radius 3 is 2.08 bits per heavy atom. The van der Waals surface area contributed by atoms with E-state index in [-0.39, 0.29) is 6.03 Å². The normalized spacial score (nSPS) is 17.9. The lowest BCUT2D eigenvalue weighted by Gasteiger charge is -2.33. The fraction of sp³-hybridized carbons (Fsp3) is 0.667. The van der Waals surface area contributed by atoms with Crippen LogP contribution in [0.2, 0.25) is 0 Å². The highest BCUT2D eigenvalue weighted by atomic mass is 16.2. The maximum Gasteiger partial charge on any atom is 0.321 e. The van der Waals surface area contributed by atoms with Gasteiger partial charge in [0.2, 0.25) is 0 Å². The Morgan fingerprint density at radius 1 is 0.923 bits per heavy atom. The summed E-state index contributed by atoms with van der Waals surface area (Å²) in [6, 6.07) is 6.65. The number of anilines is 3. The molecular weight excluding hydrogens is 324 g/mol. The number of nitrogens with one attached hydrogen (secondary N) is 1. The monoisotopic (exact) mass is 358 g/mol. The zero-order valence-electron chi connectivity index (χ0n) is 16.5. The maximum atomic E-state index is 12.7. The Balaban J connectivity index is 1.86. The van der Waals surface area contributed by atoms with Crippen molar-refractivity contribution in [3.8, 4) is 0 Å². The van der Waals surface area contributed by atoms with E-state index < -0.39 is 0 Å². The third-order valence-electron chi connectivity index (χ3n) is 5.69. The van der Waals surface area contributed by atoms with Crippen LogP contribution in [-0.4, -0.2) is 50.2 Å².